The molecule has 2 aliphatic heterocycles. The molecule has 14 heteroatoms. The average molecular weight is 447 g/mol. The molecule has 0 aromatic rings. The van der Waals surface area contributed by atoms with Crippen LogP contribution in [0.15, 0.2) is 0 Å². The van der Waals surface area contributed by atoms with E-state index >= 15 is 0 Å². The second-order valence-corrected chi connectivity index (χ2v) is 6.70. The van der Waals surface area contributed by atoms with Gasteiger partial charge in [-0.3, -0.25) is 4.79 Å². The van der Waals surface area contributed by atoms with E-state index in [1.54, 1.807) is 0 Å². The molecule has 10 atom stereocenters. The molecule has 5 N–H and O–H groups in total. The van der Waals surface area contributed by atoms with Crippen LogP contribution in [-0.2, 0) is 33.3 Å². The maximum absolute atomic E-state index is 11.6. The molecule has 0 bridgehead atoms. The maximum atomic E-state index is 11.6. The Labute approximate surface area is 194 Å². The standard InChI is InChI=1S/C16H27NO12.Na/c1-5(19)17-7-11(8(20)6(4-18)27-15(7)26-3)28-16-10(22)12(25-2)9(21)13(29-16)14(23)24;/h6-13,15-16,18,20-22H,4H2,1-3H3,(H,17,19)(H,23,24);/q;+1/p-1/t6?,7?,8-,9+,10?,11+,12-,13?,15+,16+;/m0./s1. The van der Waals surface area contributed by atoms with E-state index in [9.17, 15) is 35.1 Å². The average Bonchev–Trinajstić information content (AvgIpc) is 2.66. The predicted octanol–water partition coefficient (Wildman–Crippen LogP) is -8.18. The molecule has 2 rings (SSSR count). The van der Waals surface area contributed by atoms with Gasteiger partial charge in [-0.1, -0.05) is 0 Å². The van der Waals surface area contributed by atoms with E-state index in [-0.39, 0.29) is 29.6 Å². The van der Waals surface area contributed by atoms with Crippen LogP contribution in [0, 0.1) is 0 Å². The molecule has 4 unspecified atom stereocenters. The molecule has 168 valence electrons. The van der Waals surface area contributed by atoms with Gasteiger partial charge in [-0.05, 0) is 0 Å². The van der Waals surface area contributed by atoms with E-state index in [4.69, 9.17) is 23.7 Å². The van der Waals surface area contributed by atoms with Gasteiger partial charge in [0.15, 0.2) is 12.6 Å². The Morgan fingerprint density at radius 3 is 2.10 bits per heavy atom. The molecule has 2 heterocycles. The predicted molar refractivity (Wildman–Crippen MR) is 87.7 cm³/mol. The molecule has 2 saturated heterocycles. The molecule has 0 aromatic heterocycles. The van der Waals surface area contributed by atoms with Gasteiger partial charge in [0.05, 0.1) is 12.6 Å². The van der Waals surface area contributed by atoms with Crippen LogP contribution in [-0.4, -0.2) is 114 Å². The number of amides is 1. The summed E-state index contributed by atoms with van der Waals surface area (Å²) in [5.41, 5.74) is 0. The monoisotopic (exact) mass is 447 g/mol. The maximum Gasteiger partial charge on any atom is 1.00 e. The molecule has 1 amide bonds. The van der Waals surface area contributed by atoms with Crippen LogP contribution < -0.4 is 40.0 Å². The van der Waals surface area contributed by atoms with Gasteiger partial charge in [-0.2, -0.15) is 0 Å². The van der Waals surface area contributed by atoms with Crippen molar-refractivity contribution in [2.45, 2.75) is 68.3 Å². The second-order valence-electron chi connectivity index (χ2n) is 6.70. The summed E-state index contributed by atoms with van der Waals surface area (Å²) in [4.78, 5) is 22.9. The first-order valence-electron chi connectivity index (χ1n) is 8.81. The zero-order valence-corrected chi connectivity index (χ0v) is 19.0. The normalized spacial score (nSPS) is 41.6. The Balaban J connectivity index is 0.00000450. The minimum Gasteiger partial charge on any atom is -0.547 e. The number of carboxylic acid groups (broad SMARTS) is 1. The van der Waals surface area contributed by atoms with Crippen molar-refractivity contribution in [1.29, 1.82) is 0 Å². The van der Waals surface area contributed by atoms with E-state index in [1.165, 1.54) is 14.0 Å². The molecule has 0 saturated carbocycles. The number of methoxy groups -OCH3 is 2. The molecule has 13 nitrogen and oxygen atoms in total. The van der Waals surface area contributed by atoms with Crippen molar-refractivity contribution in [1.82, 2.24) is 5.32 Å². The van der Waals surface area contributed by atoms with E-state index in [0.717, 1.165) is 7.11 Å². The largest absolute Gasteiger partial charge is 1.00 e. The van der Waals surface area contributed by atoms with Crippen LogP contribution in [0.3, 0.4) is 0 Å². The number of carboxylic acids is 1. The third-order valence-corrected chi connectivity index (χ3v) is 4.79. The van der Waals surface area contributed by atoms with Crippen molar-refractivity contribution >= 4 is 11.9 Å². The Kier molecular flexibility index (Phi) is 11.0. The first-order valence-corrected chi connectivity index (χ1v) is 8.81. The first kappa shape index (κ1) is 27.6. The van der Waals surface area contributed by atoms with Crippen LogP contribution in [0.5, 0.6) is 0 Å². The summed E-state index contributed by atoms with van der Waals surface area (Å²) >= 11 is 0. The van der Waals surface area contributed by atoms with Crippen molar-refractivity contribution in [3.05, 3.63) is 0 Å². The zero-order chi connectivity index (χ0) is 21.9. The molecular formula is C16H26NNaO12. The second kappa shape index (κ2) is 12.0. The number of aliphatic hydroxyl groups excluding tert-OH is 4. The number of aliphatic hydroxyl groups is 4. The van der Waals surface area contributed by atoms with Crippen molar-refractivity contribution < 1.29 is 88.4 Å². The van der Waals surface area contributed by atoms with E-state index < -0.39 is 79.8 Å². The number of nitrogens with one attached hydrogen (secondary N) is 1. The molecule has 30 heavy (non-hydrogen) atoms. The van der Waals surface area contributed by atoms with Gasteiger partial charge >= 0.3 is 29.6 Å². The summed E-state index contributed by atoms with van der Waals surface area (Å²) in [5.74, 6) is -2.29. The van der Waals surface area contributed by atoms with Gasteiger partial charge in [0.1, 0.15) is 48.8 Å². The number of carbonyl (C=O) groups is 2. The summed E-state index contributed by atoms with van der Waals surface area (Å²) in [7, 11) is 2.40. The number of ether oxygens (including phenoxy) is 5. The SMILES string of the molecule is CO[C@@H]1OC(CO)[C@H](O)[C@H](O[C@@H]2OC(C(=O)[O-])[C@H](O)[C@H](OC)C2O)C1NC(C)=O.[Na+]. The fourth-order valence-corrected chi connectivity index (χ4v) is 3.40. The van der Waals surface area contributed by atoms with E-state index in [0.29, 0.717) is 0 Å². The van der Waals surface area contributed by atoms with Gasteiger partial charge < -0.3 is 59.3 Å². The van der Waals surface area contributed by atoms with Gasteiger partial charge in [-0.15, -0.1) is 0 Å². The molecule has 0 radical (unpaired) electrons. The van der Waals surface area contributed by atoms with Crippen molar-refractivity contribution in [3.8, 4) is 0 Å². The molecule has 0 aromatic carbocycles. The van der Waals surface area contributed by atoms with Crippen molar-refractivity contribution in [3.63, 3.8) is 0 Å². The summed E-state index contributed by atoms with van der Waals surface area (Å²) < 4.78 is 26.2. The van der Waals surface area contributed by atoms with Gasteiger partial charge in [-0.25, -0.2) is 0 Å². The number of carbonyl (C=O) groups excluding carboxylic acids is 2. The molecule has 2 fully saturated rings. The number of hydrogen-bond donors (Lipinski definition) is 5. The van der Waals surface area contributed by atoms with Crippen LogP contribution in [0.1, 0.15) is 6.92 Å². The third-order valence-electron chi connectivity index (χ3n) is 4.79. The topological polar surface area (TPSA) is 196 Å². The third kappa shape index (κ3) is 5.88. The summed E-state index contributed by atoms with van der Waals surface area (Å²) in [5, 5.41) is 54.1. The van der Waals surface area contributed by atoms with Gasteiger partial charge in [0, 0.05) is 21.1 Å². The number of rotatable bonds is 7. The van der Waals surface area contributed by atoms with Gasteiger partial charge in [0.2, 0.25) is 5.91 Å². The summed E-state index contributed by atoms with van der Waals surface area (Å²) in [6, 6.07) is -1.11. The van der Waals surface area contributed by atoms with Crippen LogP contribution in [0.4, 0.5) is 0 Å². The molecule has 2 aliphatic rings. The Morgan fingerprint density at radius 2 is 1.63 bits per heavy atom. The van der Waals surface area contributed by atoms with Gasteiger partial charge in [0.25, 0.3) is 0 Å². The minimum absolute atomic E-state index is 0. The van der Waals surface area contributed by atoms with Crippen molar-refractivity contribution in [2.24, 2.45) is 0 Å². The fraction of sp³-hybridized carbons (Fsp3) is 0.875. The van der Waals surface area contributed by atoms with E-state index in [2.05, 4.69) is 5.32 Å². The van der Waals surface area contributed by atoms with Crippen LogP contribution in [0.2, 0.25) is 0 Å². The Morgan fingerprint density at radius 1 is 1.00 bits per heavy atom. The zero-order valence-electron chi connectivity index (χ0n) is 17.0. The molecule has 0 aliphatic carbocycles. The minimum atomic E-state index is -1.89. The Hall–Kier alpha value is -0.420. The Bertz CT molecular complexity index is 582. The van der Waals surface area contributed by atoms with Crippen LogP contribution >= 0.6 is 0 Å². The fourth-order valence-electron chi connectivity index (χ4n) is 3.40. The first-order chi connectivity index (χ1) is 13.7. The summed E-state index contributed by atoms with van der Waals surface area (Å²) in [6.45, 7) is 0.576. The number of aliphatic carboxylic acids is 1. The van der Waals surface area contributed by atoms with Crippen molar-refractivity contribution in [2.75, 3.05) is 20.8 Å². The summed E-state index contributed by atoms with van der Waals surface area (Å²) in [6.07, 6.45) is -13.6. The number of hydrogen-bond acceptors (Lipinski definition) is 12. The quantitative estimate of drug-likeness (QED) is 0.232. The molecule has 0 spiro atoms. The van der Waals surface area contributed by atoms with E-state index in [1.807, 2.05) is 0 Å². The molecular weight excluding hydrogens is 421 g/mol. The van der Waals surface area contributed by atoms with Crippen LogP contribution in [0.25, 0.3) is 0 Å². The smallest absolute Gasteiger partial charge is 0.547 e.